The predicted octanol–water partition coefficient (Wildman–Crippen LogP) is 3.54. The molecule has 23 heavy (non-hydrogen) atoms. The van der Waals surface area contributed by atoms with Crippen molar-refractivity contribution in [1.29, 1.82) is 5.26 Å². The molecule has 4 nitrogen and oxygen atoms in total. The lowest BCUT2D eigenvalue weighted by Crippen LogP contribution is -2.30. The fraction of sp³-hybridized carbons (Fsp3) is 0.263. The summed E-state index contributed by atoms with van der Waals surface area (Å²) in [7, 11) is 1.64. The van der Waals surface area contributed by atoms with Gasteiger partial charge in [-0.05, 0) is 48.7 Å². The van der Waals surface area contributed by atoms with Crippen molar-refractivity contribution in [2.75, 3.05) is 13.7 Å². The van der Waals surface area contributed by atoms with Crippen LogP contribution in [-0.2, 0) is 0 Å². The highest BCUT2D eigenvalue weighted by atomic mass is 16.5. The predicted molar refractivity (Wildman–Crippen MR) is 87.2 cm³/mol. The summed E-state index contributed by atoms with van der Waals surface area (Å²) in [6.07, 6.45) is 1.94. The van der Waals surface area contributed by atoms with Crippen molar-refractivity contribution in [3.8, 4) is 11.8 Å². The van der Waals surface area contributed by atoms with Crippen LogP contribution in [0.3, 0.4) is 0 Å². The maximum absolute atomic E-state index is 12.8. The van der Waals surface area contributed by atoms with Gasteiger partial charge in [0.25, 0.3) is 5.91 Å². The zero-order valence-corrected chi connectivity index (χ0v) is 13.0. The van der Waals surface area contributed by atoms with E-state index >= 15 is 0 Å². The summed E-state index contributed by atoms with van der Waals surface area (Å²) in [4.78, 5) is 14.7. The van der Waals surface area contributed by atoms with Crippen LogP contribution in [0.25, 0.3) is 0 Å². The quantitative estimate of drug-likeness (QED) is 0.871. The molecular formula is C19H18N2O2. The van der Waals surface area contributed by atoms with Gasteiger partial charge in [0.2, 0.25) is 0 Å². The summed E-state index contributed by atoms with van der Waals surface area (Å²) < 4.78 is 5.19. The number of rotatable bonds is 3. The van der Waals surface area contributed by atoms with E-state index in [2.05, 4.69) is 6.07 Å². The Morgan fingerprint density at radius 1 is 1.26 bits per heavy atom. The molecule has 1 atom stereocenters. The molecule has 1 heterocycles. The average Bonchev–Trinajstić information content (AvgIpc) is 3.11. The second kappa shape index (κ2) is 6.53. The lowest BCUT2D eigenvalue weighted by molar-refractivity contribution is 0.0735. The summed E-state index contributed by atoms with van der Waals surface area (Å²) in [5, 5.41) is 9.00. The number of hydrogen-bond donors (Lipinski definition) is 0. The van der Waals surface area contributed by atoms with Gasteiger partial charge in [-0.1, -0.05) is 18.2 Å². The van der Waals surface area contributed by atoms with Crippen LogP contribution in [0.15, 0.2) is 48.5 Å². The van der Waals surface area contributed by atoms with E-state index in [4.69, 9.17) is 10.00 Å². The molecule has 3 rings (SSSR count). The molecule has 116 valence electrons. The Morgan fingerprint density at radius 2 is 2.04 bits per heavy atom. The van der Waals surface area contributed by atoms with E-state index in [9.17, 15) is 4.79 Å². The van der Waals surface area contributed by atoms with Crippen LogP contribution in [0.1, 0.15) is 40.4 Å². The Morgan fingerprint density at radius 3 is 2.74 bits per heavy atom. The highest BCUT2D eigenvalue weighted by Crippen LogP contribution is 2.33. The molecule has 1 aliphatic heterocycles. The van der Waals surface area contributed by atoms with Crippen LogP contribution in [0.5, 0.6) is 5.75 Å². The molecule has 0 N–H and O–H groups in total. The van der Waals surface area contributed by atoms with Crippen molar-refractivity contribution in [2.24, 2.45) is 0 Å². The maximum atomic E-state index is 12.8. The molecule has 0 aliphatic carbocycles. The second-order valence-electron chi connectivity index (χ2n) is 5.62. The number of carbonyl (C=O) groups is 1. The van der Waals surface area contributed by atoms with Gasteiger partial charge in [0, 0.05) is 12.1 Å². The number of ether oxygens (including phenoxy) is 1. The third kappa shape index (κ3) is 3.04. The monoisotopic (exact) mass is 306 g/mol. The van der Waals surface area contributed by atoms with Crippen molar-refractivity contribution in [2.45, 2.75) is 18.9 Å². The maximum Gasteiger partial charge on any atom is 0.254 e. The van der Waals surface area contributed by atoms with E-state index in [0.717, 1.165) is 30.7 Å². The van der Waals surface area contributed by atoms with Gasteiger partial charge in [0.15, 0.2) is 0 Å². The first-order valence-electron chi connectivity index (χ1n) is 7.68. The molecule has 0 bridgehead atoms. The normalized spacial score (nSPS) is 16.9. The lowest BCUT2D eigenvalue weighted by atomic mass is 10.0. The van der Waals surface area contributed by atoms with E-state index in [0.29, 0.717) is 11.1 Å². The molecule has 4 heteroatoms. The summed E-state index contributed by atoms with van der Waals surface area (Å²) in [5.41, 5.74) is 2.20. The minimum Gasteiger partial charge on any atom is -0.497 e. The number of nitrogens with zero attached hydrogens (tertiary/aromatic N) is 2. The van der Waals surface area contributed by atoms with Gasteiger partial charge in [-0.15, -0.1) is 0 Å². The van der Waals surface area contributed by atoms with E-state index in [1.54, 1.807) is 31.4 Å². The Kier molecular flexibility index (Phi) is 4.29. The number of amides is 1. The van der Waals surface area contributed by atoms with Crippen molar-refractivity contribution in [1.82, 2.24) is 4.90 Å². The molecule has 1 saturated heterocycles. The van der Waals surface area contributed by atoms with Gasteiger partial charge in [-0.3, -0.25) is 4.79 Å². The zero-order valence-electron chi connectivity index (χ0n) is 13.0. The first-order chi connectivity index (χ1) is 11.2. The van der Waals surface area contributed by atoms with E-state index in [-0.39, 0.29) is 11.9 Å². The fourth-order valence-corrected chi connectivity index (χ4v) is 3.07. The highest BCUT2D eigenvalue weighted by molar-refractivity contribution is 5.95. The first kappa shape index (κ1) is 15.1. The van der Waals surface area contributed by atoms with Gasteiger partial charge in [-0.25, -0.2) is 0 Å². The van der Waals surface area contributed by atoms with Gasteiger partial charge < -0.3 is 9.64 Å². The van der Waals surface area contributed by atoms with Crippen molar-refractivity contribution in [3.05, 3.63) is 65.2 Å². The molecule has 0 radical (unpaired) electrons. The number of likely N-dealkylation sites (tertiary alicyclic amines) is 1. The van der Waals surface area contributed by atoms with Crippen LogP contribution in [0.4, 0.5) is 0 Å². The molecular weight excluding hydrogens is 288 g/mol. The van der Waals surface area contributed by atoms with Crippen LogP contribution >= 0.6 is 0 Å². The standard InChI is InChI=1S/C19H18N2O2/c1-23-17-9-7-15(8-10-17)18-6-3-11-21(18)19(22)16-5-2-4-14(12-16)13-20/h2,4-5,7-10,12,18H,3,6,11H2,1H3. The smallest absolute Gasteiger partial charge is 0.254 e. The van der Waals surface area contributed by atoms with E-state index < -0.39 is 0 Å². The third-order valence-corrected chi connectivity index (χ3v) is 4.25. The zero-order chi connectivity index (χ0) is 16.2. The van der Waals surface area contributed by atoms with Crippen molar-refractivity contribution < 1.29 is 9.53 Å². The van der Waals surface area contributed by atoms with E-state index in [1.807, 2.05) is 29.2 Å². The summed E-state index contributed by atoms with van der Waals surface area (Å²) >= 11 is 0. The Hall–Kier alpha value is -2.80. The van der Waals surface area contributed by atoms with Crippen LogP contribution in [0.2, 0.25) is 0 Å². The molecule has 2 aromatic carbocycles. The minimum atomic E-state index is -0.0135. The lowest BCUT2D eigenvalue weighted by Gasteiger charge is -2.25. The van der Waals surface area contributed by atoms with Crippen molar-refractivity contribution >= 4 is 5.91 Å². The molecule has 0 saturated carbocycles. The number of benzene rings is 2. The third-order valence-electron chi connectivity index (χ3n) is 4.25. The van der Waals surface area contributed by atoms with E-state index in [1.165, 1.54) is 0 Å². The molecule has 1 unspecified atom stereocenters. The second-order valence-corrected chi connectivity index (χ2v) is 5.62. The molecule has 0 spiro atoms. The van der Waals surface area contributed by atoms with Crippen LogP contribution < -0.4 is 4.74 Å². The van der Waals surface area contributed by atoms with Gasteiger partial charge in [0.05, 0.1) is 24.8 Å². The summed E-state index contributed by atoms with van der Waals surface area (Å²) in [5.74, 6) is 0.798. The number of nitriles is 1. The van der Waals surface area contributed by atoms with Gasteiger partial charge in [-0.2, -0.15) is 5.26 Å². The number of carbonyl (C=O) groups excluding carboxylic acids is 1. The molecule has 0 aromatic heterocycles. The van der Waals surface area contributed by atoms with Gasteiger partial charge >= 0.3 is 0 Å². The molecule has 2 aromatic rings. The molecule has 1 fully saturated rings. The van der Waals surface area contributed by atoms with Crippen LogP contribution in [-0.4, -0.2) is 24.5 Å². The highest BCUT2D eigenvalue weighted by Gasteiger charge is 2.30. The minimum absolute atomic E-state index is 0.0135. The number of methoxy groups -OCH3 is 1. The Labute approximate surface area is 135 Å². The molecule has 1 aliphatic rings. The van der Waals surface area contributed by atoms with Crippen LogP contribution in [0, 0.1) is 11.3 Å². The van der Waals surface area contributed by atoms with Gasteiger partial charge in [0.1, 0.15) is 5.75 Å². The fourth-order valence-electron chi connectivity index (χ4n) is 3.07. The van der Waals surface area contributed by atoms with Crippen molar-refractivity contribution in [3.63, 3.8) is 0 Å². The topological polar surface area (TPSA) is 53.3 Å². The Balaban J connectivity index is 1.85. The average molecular weight is 306 g/mol. The largest absolute Gasteiger partial charge is 0.497 e. The molecule has 1 amide bonds. The Bertz CT molecular complexity index is 747. The number of hydrogen-bond acceptors (Lipinski definition) is 3. The first-order valence-corrected chi connectivity index (χ1v) is 7.68. The SMILES string of the molecule is COc1ccc(C2CCCN2C(=O)c2cccc(C#N)c2)cc1. The summed E-state index contributed by atoms with van der Waals surface area (Å²) in [6, 6.07) is 16.9. The summed E-state index contributed by atoms with van der Waals surface area (Å²) in [6.45, 7) is 0.742.